The molecular formula is C13H22N2. The number of nitrogen functional groups attached to an aromatic ring is 1. The number of benzene rings is 1. The Morgan fingerprint density at radius 1 is 1.20 bits per heavy atom. The number of para-hydroxylation sites is 2. The lowest BCUT2D eigenvalue weighted by Gasteiger charge is -2.09. The third-order valence-electron chi connectivity index (χ3n) is 2.48. The van der Waals surface area contributed by atoms with Crippen molar-refractivity contribution in [1.82, 2.24) is 0 Å². The summed E-state index contributed by atoms with van der Waals surface area (Å²) in [6.07, 6.45) is 3.82. The van der Waals surface area contributed by atoms with Crippen molar-refractivity contribution in [3.63, 3.8) is 0 Å². The first-order valence-corrected chi connectivity index (χ1v) is 5.78. The van der Waals surface area contributed by atoms with E-state index in [4.69, 9.17) is 5.73 Å². The molecule has 0 radical (unpaired) electrons. The molecule has 2 nitrogen and oxygen atoms in total. The first-order chi connectivity index (χ1) is 7.20. The maximum Gasteiger partial charge on any atom is 0.0573 e. The zero-order chi connectivity index (χ0) is 11.1. The molecule has 0 aliphatic carbocycles. The SMILES string of the molecule is CC(C)CCCCNc1ccccc1N. The zero-order valence-electron chi connectivity index (χ0n) is 9.79. The molecule has 2 heteroatoms. The van der Waals surface area contributed by atoms with Gasteiger partial charge in [-0.05, 0) is 24.5 Å². The van der Waals surface area contributed by atoms with E-state index < -0.39 is 0 Å². The molecule has 0 heterocycles. The number of nitrogens with one attached hydrogen (secondary N) is 1. The van der Waals surface area contributed by atoms with Crippen LogP contribution in [0, 0.1) is 5.92 Å². The topological polar surface area (TPSA) is 38.0 Å². The summed E-state index contributed by atoms with van der Waals surface area (Å²) in [5.41, 5.74) is 7.71. The average molecular weight is 206 g/mol. The van der Waals surface area contributed by atoms with Gasteiger partial charge in [-0.15, -0.1) is 0 Å². The molecule has 3 N–H and O–H groups in total. The van der Waals surface area contributed by atoms with Crippen molar-refractivity contribution in [3.05, 3.63) is 24.3 Å². The van der Waals surface area contributed by atoms with Gasteiger partial charge in [-0.3, -0.25) is 0 Å². The summed E-state index contributed by atoms with van der Waals surface area (Å²) in [7, 11) is 0. The van der Waals surface area contributed by atoms with E-state index >= 15 is 0 Å². The highest BCUT2D eigenvalue weighted by atomic mass is 14.9. The smallest absolute Gasteiger partial charge is 0.0573 e. The van der Waals surface area contributed by atoms with Crippen LogP contribution in [-0.4, -0.2) is 6.54 Å². The Balaban J connectivity index is 2.18. The van der Waals surface area contributed by atoms with Gasteiger partial charge in [-0.1, -0.05) is 38.8 Å². The van der Waals surface area contributed by atoms with E-state index in [-0.39, 0.29) is 0 Å². The number of unbranched alkanes of at least 4 members (excludes halogenated alkanes) is 1. The van der Waals surface area contributed by atoms with Crippen LogP contribution in [0.25, 0.3) is 0 Å². The number of hydrogen-bond acceptors (Lipinski definition) is 2. The molecule has 0 fully saturated rings. The second kappa shape index (κ2) is 6.33. The fourth-order valence-electron chi connectivity index (χ4n) is 1.56. The van der Waals surface area contributed by atoms with Gasteiger partial charge in [0, 0.05) is 6.54 Å². The summed E-state index contributed by atoms with van der Waals surface area (Å²) in [5.74, 6) is 0.812. The second-order valence-corrected chi connectivity index (χ2v) is 4.40. The van der Waals surface area contributed by atoms with Crippen molar-refractivity contribution in [2.24, 2.45) is 5.92 Å². The highest BCUT2D eigenvalue weighted by Gasteiger charge is 1.97. The van der Waals surface area contributed by atoms with Gasteiger partial charge in [0.1, 0.15) is 0 Å². The Kier molecular flexibility index (Phi) is 5.02. The van der Waals surface area contributed by atoms with Gasteiger partial charge in [-0.2, -0.15) is 0 Å². The Bertz CT molecular complexity index is 282. The molecule has 1 aromatic carbocycles. The summed E-state index contributed by atoms with van der Waals surface area (Å²) in [6.45, 7) is 5.55. The summed E-state index contributed by atoms with van der Waals surface area (Å²) in [5, 5.41) is 3.36. The maximum atomic E-state index is 5.82. The predicted octanol–water partition coefficient (Wildman–Crippen LogP) is 3.51. The van der Waals surface area contributed by atoms with Gasteiger partial charge in [0.05, 0.1) is 11.4 Å². The molecule has 0 aliphatic rings. The van der Waals surface area contributed by atoms with Crippen LogP contribution in [0.5, 0.6) is 0 Å². The van der Waals surface area contributed by atoms with Gasteiger partial charge in [-0.25, -0.2) is 0 Å². The summed E-state index contributed by atoms with van der Waals surface area (Å²) in [6, 6.07) is 7.92. The van der Waals surface area contributed by atoms with Crippen LogP contribution in [-0.2, 0) is 0 Å². The summed E-state index contributed by atoms with van der Waals surface area (Å²) < 4.78 is 0. The number of rotatable bonds is 6. The first kappa shape index (κ1) is 11.9. The molecule has 0 aliphatic heterocycles. The normalized spacial score (nSPS) is 10.6. The second-order valence-electron chi connectivity index (χ2n) is 4.40. The van der Waals surface area contributed by atoms with Crippen LogP contribution >= 0.6 is 0 Å². The van der Waals surface area contributed by atoms with Crippen molar-refractivity contribution in [3.8, 4) is 0 Å². The molecule has 0 bridgehead atoms. The number of anilines is 2. The van der Waals surface area contributed by atoms with Crippen LogP contribution in [0.15, 0.2) is 24.3 Å². The van der Waals surface area contributed by atoms with E-state index in [0.717, 1.165) is 23.8 Å². The van der Waals surface area contributed by atoms with Gasteiger partial charge in [0.2, 0.25) is 0 Å². The fourth-order valence-corrected chi connectivity index (χ4v) is 1.56. The highest BCUT2D eigenvalue weighted by molar-refractivity contribution is 5.65. The molecule has 84 valence electrons. The average Bonchev–Trinajstić information content (AvgIpc) is 2.20. The molecule has 1 aromatic rings. The summed E-state index contributed by atoms with van der Waals surface area (Å²) in [4.78, 5) is 0. The zero-order valence-corrected chi connectivity index (χ0v) is 9.79. The van der Waals surface area contributed by atoms with Gasteiger partial charge in [0.25, 0.3) is 0 Å². The molecule has 0 spiro atoms. The molecule has 0 unspecified atom stereocenters. The number of nitrogens with two attached hydrogens (primary N) is 1. The lowest BCUT2D eigenvalue weighted by Crippen LogP contribution is -2.04. The van der Waals surface area contributed by atoms with Crippen molar-refractivity contribution in [1.29, 1.82) is 0 Å². The fraction of sp³-hybridized carbons (Fsp3) is 0.538. The monoisotopic (exact) mass is 206 g/mol. The summed E-state index contributed by atoms with van der Waals surface area (Å²) >= 11 is 0. The van der Waals surface area contributed by atoms with Crippen LogP contribution in [0.1, 0.15) is 33.1 Å². The lowest BCUT2D eigenvalue weighted by atomic mass is 10.1. The molecule has 1 rings (SSSR count). The minimum Gasteiger partial charge on any atom is -0.397 e. The Labute approximate surface area is 92.9 Å². The van der Waals surface area contributed by atoms with Crippen molar-refractivity contribution in [2.75, 3.05) is 17.6 Å². The predicted molar refractivity (Wildman–Crippen MR) is 68.0 cm³/mol. The Hall–Kier alpha value is -1.18. The van der Waals surface area contributed by atoms with Crippen LogP contribution < -0.4 is 11.1 Å². The lowest BCUT2D eigenvalue weighted by molar-refractivity contribution is 0.545. The highest BCUT2D eigenvalue weighted by Crippen LogP contribution is 2.16. The molecule has 15 heavy (non-hydrogen) atoms. The van der Waals surface area contributed by atoms with Gasteiger partial charge in [0.15, 0.2) is 0 Å². The van der Waals surface area contributed by atoms with Crippen molar-refractivity contribution < 1.29 is 0 Å². The maximum absolute atomic E-state index is 5.82. The molecular weight excluding hydrogens is 184 g/mol. The van der Waals surface area contributed by atoms with E-state index in [0.29, 0.717) is 0 Å². The standard InChI is InChI=1S/C13H22N2/c1-11(2)7-5-6-10-15-13-9-4-3-8-12(13)14/h3-4,8-9,11,15H,5-7,10,14H2,1-2H3. The van der Waals surface area contributed by atoms with Crippen molar-refractivity contribution >= 4 is 11.4 Å². The van der Waals surface area contributed by atoms with E-state index in [1.165, 1.54) is 19.3 Å². The van der Waals surface area contributed by atoms with Gasteiger partial charge < -0.3 is 11.1 Å². The molecule has 0 aromatic heterocycles. The Morgan fingerprint density at radius 3 is 2.60 bits per heavy atom. The number of hydrogen-bond donors (Lipinski definition) is 2. The van der Waals surface area contributed by atoms with Crippen LogP contribution in [0.4, 0.5) is 11.4 Å². The van der Waals surface area contributed by atoms with Crippen LogP contribution in [0.2, 0.25) is 0 Å². The third kappa shape index (κ3) is 4.73. The molecule has 0 amide bonds. The quantitative estimate of drug-likeness (QED) is 0.552. The van der Waals surface area contributed by atoms with Crippen LogP contribution in [0.3, 0.4) is 0 Å². The van der Waals surface area contributed by atoms with Gasteiger partial charge >= 0.3 is 0 Å². The minimum atomic E-state index is 0.812. The molecule has 0 saturated carbocycles. The Morgan fingerprint density at radius 2 is 1.93 bits per heavy atom. The van der Waals surface area contributed by atoms with E-state index in [1.807, 2.05) is 24.3 Å². The minimum absolute atomic E-state index is 0.812. The van der Waals surface area contributed by atoms with E-state index in [1.54, 1.807) is 0 Å². The molecule has 0 saturated heterocycles. The largest absolute Gasteiger partial charge is 0.397 e. The first-order valence-electron chi connectivity index (χ1n) is 5.78. The molecule has 0 atom stereocenters. The van der Waals surface area contributed by atoms with E-state index in [9.17, 15) is 0 Å². The van der Waals surface area contributed by atoms with E-state index in [2.05, 4.69) is 19.2 Å². The third-order valence-corrected chi connectivity index (χ3v) is 2.48. The van der Waals surface area contributed by atoms with Crippen molar-refractivity contribution in [2.45, 2.75) is 33.1 Å².